The SMILES string of the molecule is Fc1cccc(Br)c1NN1C=NCC1. The van der Waals surface area contributed by atoms with Crippen molar-refractivity contribution in [2.45, 2.75) is 0 Å². The van der Waals surface area contributed by atoms with Crippen LogP contribution in [0.1, 0.15) is 0 Å². The largest absolute Gasteiger partial charge is 0.293 e. The molecule has 0 spiro atoms. The molecule has 74 valence electrons. The number of anilines is 1. The van der Waals surface area contributed by atoms with Crippen LogP contribution < -0.4 is 5.43 Å². The summed E-state index contributed by atoms with van der Waals surface area (Å²) < 4.78 is 14.0. The first kappa shape index (κ1) is 9.45. The van der Waals surface area contributed by atoms with Crippen LogP contribution in [-0.4, -0.2) is 24.4 Å². The van der Waals surface area contributed by atoms with Gasteiger partial charge >= 0.3 is 0 Å². The Morgan fingerprint density at radius 1 is 1.50 bits per heavy atom. The molecule has 0 bridgehead atoms. The summed E-state index contributed by atoms with van der Waals surface area (Å²) in [4.78, 5) is 4.02. The minimum Gasteiger partial charge on any atom is -0.293 e. The van der Waals surface area contributed by atoms with E-state index in [9.17, 15) is 4.39 Å². The molecule has 1 aromatic carbocycles. The smallest absolute Gasteiger partial charge is 0.149 e. The average molecular weight is 258 g/mol. The van der Waals surface area contributed by atoms with Crippen LogP contribution in [0.25, 0.3) is 0 Å². The summed E-state index contributed by atoms with van der Waals surface area (Å²) in [5.74, 6) is -0.278. The lowest BCUT2D eigenvalue weighted by atomic mass is 10.3. The standard InChI is InChI=1S/C9H9BrFN3/c10-7-2-1-3-8(11)9(7)13-14-5-4-12-6-14/h1-3,6,13H,4-5H2. The fourth-order valence-corrected chi connectivity index (χ4v) is 1.64. The first-order chi connectivity index (χ1) is 6.77. The molecule has 0 fully saturated rings. The van der Waals surface area contributed by atoms with Gasteiger partial charge in [0.2, 0.25) is 0 Å². The maximum atomic E-state index is 13.3. The number of halogens is 2. The molecule has 0 atom stereocenters. The van der Waals surface area contributed by atoms with Crippen molar-refractivity contribution in [3.8, 4) is 0 Å². The van der Waals surface area contributed by atoms with Crippen LogP contribution in [0.15, 0.2) is 27.7 Å². The molecule has 0 saturated heterocycles. The maximum absolute atomic E-state index is 13.3. The topological polar surface area (TPSA) is 27.6 Å². The van der Waals surface area contributed by atoms with Gasteiger partial charge in [-0.2, -0.15) is 0 Å². The Hall–Kier alpha value is -1.10. The van der Waals surface area contributed by atoms with Crippen LogP contribution >= 0.6 is 15.9 Å². The summed E-state index contributed by atoms with van der Waals surface area (Å²) in [6.45, 7) is 1.51. The van der Waals surface area contributed by atoms with Gasteiger partial charge in [0.15, 0.2) is 0 Å². The number of nitrogens with one attached hydrogen (secondary N) is 1. The zero-order chi connectivity index (χ0) is 9.97. The lowest BCUT2D eigenvalue weighted by Gasteiger charge is -2.18. The van der Waals surface area contributed by atoms with E-state index in [4.69, 9.17) is 0 Å². The summed E-state index contributed by atoms with van der Waals surface area (Å²) in [5.41, 5.74) is 3.38. The van der Waals surface area contributed by atoms with Crippen LogP contribution in [0.4, 0.5) is 10.1 Å². The van der Waals surface area contributed by atoms with Crippen molar-refractivity contribution < 1.29 is 4.39 Å². The maximum Gasteiger partial charge on any atom is 0.149 e. The normalized spacial score (nSPS) is 14.9. The monoisotopic (exact) mass is 257 g/mol. The van der Waals surface area contributed by atoms with Crippen molar-refractivity contribution in [1.82, 2.24) is 5.01 Å². The van der Waals surface area contributed by atoms with Crippen LogP contribution in [0.2, 0.25) is 0 Å². The lowest BCUT2D eigenvalue weighted by Crippen LogP contribution is -2.27. The fourth-order valence-electron chi connectivity index (χ4n) is 1.21. The zero-order valence-corrected chi connectivity index (χ0v) is 8.96. The molecule has 1 heterocycles. The Morgan fingerprint density at radius 3 is 3.00 bits per heavy atom. The molecule has 5 heteroatoms. The molecule has 1 N–H and O–H groups in total. The average Bonchev–Trinajstić information content (AvgIpc) is 2.64. The summed E-state index contributed by atoms with van der Waals surface area (Å²) in [6.07, 6.45) is 1.67. The van der Waals surface area contributed by atoms with E-state index < -0.39 is 0 Å². The molecule has 0 radical (unpaired) electrons. The van der Waals surface area contributed by atoms with Crippen molar-refractivity contribution in [1.29, 1.82) is 0 Å². The van der Waals surface area contributed by atoms with Gasteiger partial charge in [-0.15, -0.1) is 0 Å². The molecule has 0 saturated carbocycles. The van der Waals surface area contributed by atoms with Gasteiger partial charge in [0.25, 0.3) is 0 Å². The van der Waals surface area contributed by atoms with E-state index in [-0.39, 0.29) is 5.82 Å². The minimum absolute atomic E-state index is 0.278. The third kappa shape index (κ3) is 1.87. The van der Waals surface area contributed by atoms with E-state index in [0.29, 0.717) is 10.2 Å². The number of rotatable bonds is 2. The van der Waals surface area contributed by atoms with E-state index >= 15 is 0 Å². The summed E-state index contributed by atoms with van der Waals surface area (Å²) in [6, 6.07) is 4.86. The highest BCUT2D eigenvalue weighted by Gasteiger charge is 2.10. The minimum atomic E-state index is -0.278. The van der Waals surface area contributed by atoms with Gasteiger partial charge in [0, 0.05) is 4.47 Å². The van der Waals surface area contributed by atoms with Crippen LogP contribution in [0.5, 0.6) is 0 Å². The molecule has 1 aromatic rings. The lowest BCUT2D eigenvalue weighted by molar-refractivity contribution is 0.542. The summed E-state index contributed by atoms with van der Waals surface area (Å²) >= 11 is 3.28. The van der Waals surface area contributed by atoms with Crippen LogP contribution in [0, 0.1) is 5.82 Å². The Bertz CT molecular complexity index is 347. The van der Waals surface area contributed by atoms with Crippen molar-refractivity contribution >= 4 is 28.0 Å². The number of hydrogen-bond acceptors (Lipinski definition) is 3. The van der Waals surface area contributed by atoms with Gasteiger partial charge in [0.05, 0.1) is 13.1 Å². The molecule has 1 aliphatic heterocycles. The number of hydrazine groups is 1. The molecule has 3 nitrogen and oxygen atoms in total. The van der Waals surface area contributed by atoms with E-state index in [1.807, 2.05) is 0 Å². The molecule has 1 aliphatic rings. The Balaban J connectivity index is 2.19. The zero-order valence-electron chi connectivity index (χ0n) is 7.37. The van der Waals surface area contributed by atoms with Gasteiger partial charge < -0.3 is 0 Å². The number of benzene rings is 1. The molecular weight excluding hydrogens is 249 g/mol. The first-order valence-corrected chi connectivity index (χ1v) is 5.04. The van der Waals surface area contributed by atoms with Gasteiger partial charge in [-0.3, -0.25) is 15.4 Å². The van der Waals surface area contributed by atoms with Gasteiger partial charge in [-0.25, -0.2) is 4.39 Å². The van der Waals surface area contributed by atoms with Crippen molar-refractivity contribution in [2.75, 3.05) is 18.5 Å². The van der Waals surface area contributed by atoms with Crippen LogP contribution in [0.3, 0.4) is 0 Å². The third-order valence-electron chi connectivity index (χ3n) is 1.91. The second-order valence-corrected chi connectivity index (χ2v) is 3.78. The highest BCUT2D eigenvalue weighted by molar-refractivity contribution is 9.10. The van der Waals surface area contributed by atoms with Gasteiger partial charge in [0.1, 0.15) is 17.8 Å². The van der Waals surface area contributed by atoms with Gasteiger partial charge in [-0.1, -0.05) is 6.07 Å². The van der Waals surface area contributed by atoms with E-state index in [1.54, 1.807) is 23.5 Å². The predicted molar refractivity (Wildman–Crippen MR) is 57.8 cm³/mol. The highest BCUT2D eigenvalue weighted by atomic mass is 79.9. The predicted octanol–water partition coefficient (Wildman–Crippen LogP) is 2.26. The molecule has 0 unspecified atom stereocenters. The van der Waals surface area contributed by atoms with Crippen molar-refractivity contribution in [3.05, 3.63) is 28.5 Å². The van der Waals surface area contributed by atoms with Gasteiger partial charge in [-0.05, 0) is 28.1 Å². The van der Waals surface area contributed by atoms with E-state index in [2.05, 4.69) is 26.3 Å². The Morgan fingerprint density at radius 2 is 2.36 bits per heavy atom. The molecule has 0 aliphatic carbocycles. The fraction of sp³-hybridized carbons (Fsp3) is 0.222. The quantitative estimate of drug-likeness (QED) is 0.881. The second-order valence-electron chi connectivity index (χ2n) is 2.92. The third-order valence-corrected chi connectivity index (χ3v) is 2.57. The number of aliphatic imine (C=N–C) groups is 1. The van der Waals surface area contributed by atoms with Crippen LogP contribution in [-0.2, 0) is 0 Å². The second kappa shape index (κ2) is 3.96. The summed E-state index contributed by atoms with van der Waals surface area (Å²) in [7, 11) is 0. The first-order valence-electron chi connectivity index (χ1n) is 4.24. The molecule has 2 rings (SSSR count). The summed E-state index contributed by atoms with van der Waals surface area (Å²) in [5, 5.41) is 1.75. The molecular formula is C9H9BrFN3. The number of hydrogen-bond donors (Lipinski definition) is 1. The van der Waals surface area contributed by atoms with E-state index in [1.165, 1.54) is 6.07 Å². The molecule has 0 amide bonds. The van der Waals surface area contributed by atoms with E-state index in [0.717, 1.165) is 13.1 Å². The number of para-hydroxylation sites is 1. The Kier molecular flexibility index (Phi) is 2.67. The van der Waals surface area contributed by atoms with Crippen molar-refractivity contribution in [2.24, 2.45) is 4.99 Å². The number of nitrogens with zero attached hydrogens (tertiary/aromatic N) is 2. The molecule has 0 aromatic heterocycles. The Labute approximate surface area is 89.7 Å². The van der Waals surface area contributed by atoms with Crippen molar-refractivity contribution in [3.63, 3.8) is 0 Å². The highest BCUT2D eigenvalue weighted by Crippen LogP contribution is 2.25. The molecule has 14 heavy (non-hydrogen) atoms.